The Balaban J connectivity index is -0.0000000600. The van der Waals surface area contributed by atoms with Gasteiger partial charge in [-0.05, 0) is 0 Å². The summed E-state index contributed by atoms with van der Waals surface area (Å²) in [5.74, 6) is 0. The van der Waals surface area contributed by atoms with Crippen LogP contribution in [0.3, 0.4) is 0 Å². The molecule has 0 atom stereocenters. The summed E-state index contributed by atoms with van der Waals surface area (Å²) in [6.45, 7) is 8.72. The average Bonchev–Trinajstić information content (AvgIpc) is 2.16. The molecule has 6 heteroatoms. The van der Waals surface area contributed by atoms with Crippen molar-refractivity contribution in [1.82, 2.24) is 0 Å². The van der Waals surface area contributed by atoms with Gasteiger partial charge in [-0.15, -0.1) is 0 Å². The van der Waals surface area contributed by atoms with E-state index >= 15 is 0 Å². The predicted molar refractivity (Wildman–Crippen MR) is 62.5 cm³/mol. The highest BCUT2D eigenvalue weighted by molar-refractivity contribution is 5.53. The number of hydrogen-bond donors (Lipinski definition) is 4. The Bertz CT molecular complexity index is 107. The molecule has 0 aromatic rings. The minimum atomic E-state index is -1.83. The quantitative estimate of drug-likeness (QED) is 0.578. The van der Waals surface area contributed by atoms with E-state index < -0.39 is 12.3 Å². The normalized spacial score (nSPS) is 6.75. The molecule has 0 aromatic heterocycles. The van der Waals surface area contributed by atoms with E-state index in [2.05, 4.69) is 27.7 Å². The zero-order chi connectivity index (χ0) is 14.0. The molecule has 0 aliphatic carbocycles. The van der Waals surface area contributed by atoms with E-state index in [-0.39, 0.29) is 0 Å². The van der Waals surface area contributed by atoms with Gasteiger partial charge in [-0.2, -0.15) is 0 Å². The van der Waals surface area contributed by atoms with Crippen molar-refractivity contribution in [2.75, 3.05) is 0 Å². The van der Waals surface area contributed by atoms with Gasteiger partial charge in [0.2, 0.25) is 0 Å². The molecule has 6 nitrogen and oxygen atoms in total. The van der Waals surface area contributed by atoms with Gasteiger partial charge in [0.1, 0.15) is 0 Å². The molecular formula is C10H24O6. The van der Waals surface area contributed by atoms with Crippen LogP contribution in [0.15, 0.2) is 0 Å². The van der Waals surface area contributed by atoms with Crippen LogP contribution < -0.4 is 0 Å². The highest BCUT2D eigenvalue weighted by Crippen LogP contribution is 1.77. The number of carbonyl (C=O) groups is 2. The van der Waals surface area contributed by atoms with Gasteiger partial charge in [0.05, 0.1) is 0 Å². The van der Waals surface area contributed by atoms with Gasteiger partial charge in [0, 0.05) is 0 Å². The maximum Gasteiger partial charge on any atom is 0.503 e. The summed E-state index contributed by atoms with van der Waals surface area (Å²) >= 11 is 0. The Morgan fingerprint density at radius 1 is 0.625 bits per heavy atom. The van der Waals surface area contributed by atoms with E-state index in [0.717, 1.165) is 0 Å². The minimum Gasteiger partial charge on any atom is -0.450 e. The van der Waals surface area contributed by atoms with Crippen LogP contribution in [0.5, 0.6) is 0 Å². The van der Waals surface area contributed by atoms with Crippen LogP contribution in [0.2, 0.25) is 0 Å². The summed E-state index contributed by atoms with van der Waals surface area (Å²) in [4.78, 5) is 17.1. The second kappa shape index (κ2) is 29.2. The highest BCUT2D eigenvalue weighted by Gasteiger charge is 1.70. The predicted octanol–water partition coefficient (Wildman–Crippen LogP) is 4.06. The third kappa shape index (κ3) is 5730. The van der Waals surface area contributed by atoms with Crippen molar-refractivity contribution in [3.05, 3.63) is 0 Å². The first-order valence-electron chi connectivity index (χ1n) is 5.13. The van der Waals surface area contributed by atoms with Crippen LogP contribution in [0.4, 0.5) is 9.59 Å². The van der Waals surface area contributed by atoms with Gasteiger partial charge in [0.15, 0.2) is 0 Å². The Morgan fingerprint density at radius 3 is 0.688 bits per heavy atom. The lowest BCUT2D eigenvalue weighted by Gasteiger charge is -1.68. The second-order valence-electron chi connectivity index (χ2n) is 2.57. The molecule has 100 valence electrons. The fourth-order valence-electron chi connectivity index (χ4n) is 0. The second-order valence-corrected chi connectivity index (χ2v) is 2.57. The molecule has 0 aromatic carbocycles. The van der Waals surface area contributed by atoms with Crippen molar-refractivity contribution >= 4 is 12.3 Å². The Morgan fingerprint density at radius 2 is 0.688 bits per heavy atom. The molecule has 0 heterocycles. The first kappa shape index (κ1) is 24.0. The zero-order valence-electron chi connectivity index (χ0n) is 10.4. The lowest BCUT2D eigenvalue weighted by Crippen LogP contribution is -1.81. The van der Waals surface area contributed by atoms with Crippen LogP contribution >= 0.6 is 0 Å². The summed E-state index contributed by atoms with van der Waals surface area (Å²) < 4.78 is 0. The van der Waals surface area contributed by atoms with E-state index in [4.69, 9.17) is 30.0 Å². The third-order valence-electron chi connectivity index (χ3n) is 1.000. The van der Waals surface area contributed by atoms with E-state index in [0.29, 0.717) is 0 Å². The van der Waals surface area contributed by atoms with Crippen LogP contribution in [0, 0.1) is 0 Å². The van der Waals surface area contributed by atoms with Crippen LogP contribution in [-0.4, -0.2) is 32.7 Å². The van der Waals surface area contributed by atoms with Crippen LogP contribution in [-0.2, 0) is 0 Å². The van der Waals surface area contributed by atoms with E-state index in [1.54, 1.807) is 0 Å². The molecule has 0 saturated carbocycles. The van der Waals surface area contributed by atoms with Crippen molar-refractivity contribution in [2.24, 2.45) is 0 Å². The topological polar surface area (TPSA) is 115 Å². The fraction of sp³-hybridized carbons (Fsp3) is 0.800. The monoisotopic (exact) mass is 240 g/mol. The highest BCUT2D eigenvalue weighted by atomic mass is 16.6. The fourth-order valence-corrected chi connectivity index (χ4v) is 0. The molecule has 16 heavy (non-hydrogen) atoms. The molecule has 0 saturated heterocycles. The summed E-state index contributed by atoms with van der Waals surface area (Å²) in [5, 5.41) is 27.9. The molecule has 0 amide bonds. The molecule has 0 fully saturated rings. The average molecular weight is 240 g/mol. The maximum absolute atomic E-state index is 8.56. The van der Waals surface area contributed by atoms with E-state index in [1.165, 1.54) is 25.7 Å². The van der Waals surface area contributed by atoms with Crippen LogP contribution in [0.1, 0.15) is 53.4 Å². The first-order chi connectivity index (χ1) is 7.29. The molecule has 0 aliphatic heterocycles. The van der Waals surface area contributed by atoms with Gasteiger partial charge >= 0.3 is 12.3 Å². The van der Waals surface area contributed by atoms with Crippen molar-refractivity contribution in [2.45, 2.75) is 53.4 Å². The van der Waals surface area contributed by atoms with Crippen molar-refractivity contribution in [3.63, 3.8) is 0 Å². The van der Waals surface area contributed by atoms with Crippen molar-refractivity contribution in [1.29, 1.82) is 0 Å². The molecule has 0 unspecified atom stereocenters. The zero-order valence-corrected chi connectivity index (χ0v) is 10.4. The molecular weight excluding hydrogens is 216 g/mol. The standard InChI is InChI=1S/2C4H10.2CH2O3/c2*1-3-4-2;2*2-1(3)4/h2*3-4H2,1-2H3;2*(H2,2,3,4). The lowest BCUT2D eigenvalue weighted by molar-refractivity contribution is 0.135. The molecule has 0 radical (unpaired) electrons. The summed E-state index contributed by atoms with van der Waals surface area (Å²) in [6, 6.07) is 0. The largest absolute Gasteiger partial charge is 0.503 e. The number of unbranched alkanes of at least 4 members (excludes halogenated alkanes) is 2. The third-order valence-corrected chi connectivity index (χ3v) is 1.000. The van der Waals surface area contributed by atoms with Crippen molar-refractivity contribution < 1.29 is 30.0 Å². The molecule has 0 rings (SSSR count). The number of hydrogen-bond acceptors (Lipinski definition) is 2. The first-order valence-corrected chi connectivity index (χ1v) is 5.13. The van der Waals surface area contributed by atoms with E-state index in [1.807, 2.05) is 0 Å². The molecule has 0 bridgehead atoms. The summed E-state index contributed by atoms with van der Waals surface area (Å²) in [5.41, 5.74) is 0. The van der Waals surface area contributed by atoms with Gasteiger partial charge in [-0.3, -0.25) is 0 Å². The van der Waals surface area contributed by atoms with E-state index in [9.17, 15) is 0 Å². The van der Waals surface area contributed by atoms with Gasteiger partial charge in [-0.25, -0.2) is 9.59 Å². The van der Waals surface area contributed by atoms with Gasteiger partial charge in [0.25, 0.3) is 0 Å². The van der Waals surface area contributed by atoms with Crippen molar-refractivity contribution in [3.8, 4) is 0 Å². The molecule has 4 N–H and O–H groups in total. The SMILES string of the molecule is CCCC.CCCC.O=C(O)O.O=C(O)O. The Kier molecular flexibility index (Phi) is 43.8. The molecule has 0 aliphatic rings. The summed E-state index contributed by atoms with van der Waals surface area (Å²) in [7, 11) is 0. The number of carboxylic acid groups (broad SMARTS) is 4. The summed E-state index contributed by atoms with van der Waals surface area (Å²) in [6.07, 6.45) is 1.61. The maximum atomic E-state index is 8.56. The Labute approximate surface area is 96.5 Å². The van der Waals surface area contributed by atoms with Crippen LogP contribution in [0.25, 0.3) is 0 Å². The minimum absolute atomic E-state index is 1.32. The number of rotatable bonds is 2. The lowest BCUT2D eigenvalue weighted by atomic mass is 10.4. The van der Waals surface area contributed by atoms with Gasteiger partial charge < -0.3 is 20.4 Å². The molecule has 0 spiro atoms. The smallest absolute Gasteiger partial charge is 0.450 e. The van der Waals surface area contributed by atoms with Gasteiger partial charge in [-0.1, -0.05) is 53.4 Å². The Hall–Kier alpha value is -1.46.